The van der Waals surface area contributed by atoms with E-state index in [-0.39, 0.29) is 16.3 Å². The lowest BCUT2D eigenvalue weighted by molar-refractivity contribution is 0.628. The maximum absolute atomic E-state index is 12.8. The van der Waals surface area contributed by atoms with Crippen LogP contribution in [0.25, 0.3) is 10.4 Å². The van der Waals surface area contributed by atoms with Crippen LogP contribution in [0.5, 0.6) is 0 Å². The fourth-order valence-corrected chi connectivity index (χ4v) is 0.920. The first-order chi connectivity index (χ1) is 6.19. The molecule has 13 heavy (non-hydrogen) atoms. The summed E-state index contributed by atoms with van der Waals surface area (Å²) < 4.78 is 12.8. The lowest BCUT2D eigenvalue weighted by atomic mass is 10.2. The van der Waals surface area contributed by atoms with Crippen molar-refractivity contribution in [2.75, 3.05) is 0 Å². The molecule has 6 heteroatoms. The summed E-state index contributed by atoms with van der Waals surface area (Å²) in [5.74, 6) is -0.719. The Morgan fingerprint density at radius 3 is 2.85 bits per heavy atom. The lowest BCUT2D eigenvalue weighted by Gasteiger charge is -1.97. The fraction of sp³-hybridized carbons (Fsp3) is 0. The van der Waals surface area contributed by atoms with Gasteiger partial charge in [0, 0.05) is 4.91 Å². The Bertz CT molecular complexity index is 431. The Labute approximate surface area is 77.8 Å². The highest BCUT2D eigenvalue weighted by molar-refractivity contribution is 6.30. The van der Waals surface area contributed by atoms with E-state index in [1.165, 1.54) is 0 Å². The first-order valence-corrected chi connectivity index (χ1v) is 3.51. The van der Waals surface area contributed by atoms with Gasteiger partial charge < -0.3 is 0 Å². The smallest absolute Gasteiger partial charge is 0.142 e. The van der Waals surface area contributed by atoms with Crippen LogP contribution in [-0.2, 0) is 0 Å². The topological polar surface area (TPSA) is 72.5 Å². The Hall–Kier alpha value is -1.76. The van der Waals surface area contributed by atoms with E-state index < -0.39 is 5.82 Å². The first kappa shape index (κ1) is 9.33. The van der Waals surface area contributed by atoms with Crippen molar-refractivity contribution in [3.63, 3.8) is 0 Å². The molecule has 0 amide bonds. The maximum atomic E-state index is 12.8. The Balaban J connectivity index is 3.43. The summed E-state index contributed by atoms with van der Waals surface area (Å²) in [6.45, 7) is 0. The maximum Gasteiger partial charge on any atom is 0.142 e. The fourth-order valence-electron chi connectivity index (χ4n) is 0.757. The molecule has 0 saturated carbocycles. The zero-order chi connectivity index (χ0) is 9.84. The monoisotopic (exact) mass is 196 g/mol. The van der Waals surface area contributed by atoms with Gasteiger partial charge >= 0.3 is 0 Å². The highest BCUT2D eigenvalue weighted by atomic mass is 35.5. The number of halogens is 2. The minimum Gasteiger partial charge on any atom is -0.205 e. The van der Waals surface area contributed by atoms with E-state index in [1.807, 2.05) is 0 Å². The molecule has 1 rings (SSSR count). The van der Waals surface area contributed by atoms with Crippen molar-refractivity contribution < 1.29 is 4.39 Å². The predicted octanol–water partition coefficient (Wildman–Crippen LogP) is 3.29. The van der Waals surface area contributed by atoms with E-state index in [4.69, 9.17) is 22.4 Å². The van der Waals surface area contributed by atoms with Gasteiger partial charge in [0.05, 0.1) is 22.3 Å². The van der Waals surface area contributed by atoms with Crippen LogP contribution in [0, 0.1) is 17.1 Å². The molecule has 0 aliphatic rings. The minimum absolute atomic E-state index is 0.0456. The summed E-state index contributed by atoms with van der Waals surface area (Å²) in [6, 6.07) is 3.76. The Morgan fingerprint density at radius 1 is 1.62 bits per heavy atom. The number of benzene rings is 1. The molecule has 0 saturated heterocycles. The normalized spacial score (nSPS) is 8.69. The van der Waals surface area contributed by atoms with E-state index in [9.17, 15) is 4.39 Å². The van der Waals surface area contributed by atoms with Crippen molar-refractivity contribution in [1.29, 1.82) is 5.26 Å². The van der Waals surface area contributed by atoms with Gasteiger partial charge in [-0.2, -0.15) is 5.26 Å². The highest BCUT2D eigenvalue weighted by Gasteiger charge is 2.06. The molecule has 1 aromatic carbocycles. The van der Waals surface area contributed by atoms with Gasteiger partial charge in [0.25, 0.3) is 0 Å². The summed E-state index contributed by atoms with van der Waals surface area (Å²) >= 11 is 5.40. The molecule has 0 atom stereocenters. The molecule has 0 aliphatic heterocycles. The zero-order valence-electron chi connectivity index (χ0n) is 6.20. The Morgan fingerprint density at radius 2 is 2.31 bits per heavy atom. The van der Waals surface area contributed by atoms with E-state index >= 15 is 0 Å². The third-order valence-electron chi connectivity index (χ3n) is 1.31. The standard InChI is InChI=1S/C7H2ClFN4/c8-5-1-4(3-10)7(12-13-11)2-6(5)9/h1-2H. The molecule has 0 bridgehead atoms. The second-order valence-electron chi connectivity index (χ2n) is 2.08. The van der Waals surface area contributed by atoms with Crippen LogP contribution in [0.1, 0.15) is 5.56 Å². The molecule has 0 aliphatic carbocycles. The second-order valence-corrected chi connectivity index (χ2v) is 2.49. The van der Waals surface area contributed by atoms with Crippen LogP contribution in [0.3, 0.4) is 0 Å². The number of rotatable bonds is 1. The summed E-state index contributed by atoms with van der Waals surface area (Å²) in [5.41, 5.74) is 8.08. The van der Waals surface area contributed by atoms with Crippen LogP contribution in [0.4, 0.5) is 10.1 Å². The van der Waals surface area contributed by atoms with Gasteiger partial charge in [0.1, 0.15) is 5.82 Å². The van der Waals surface area contributed by atoms with E-state index in [2.05, 4.69) is 10.0 Å². The summed E-state index contributed by atoms with van der Waals surface area (Å²) in [4.78, 5) is 2.45. The van der Waals surface area contributed by atoms with E-state index in [0.29, 0.717) is 0 Å². The number of nitrogens with zero attached hydrogens (tertiary/aromatic N) is 4. The van der Waals surface area contributed by atoms with Crippen molar-refractivity contribution >= 4 is 17.3 Å². The summed E-state index contributed by atoms with van der Waals surface area (Å²) in [6.07, 6.45) is 0. The van der Waals surface area contributed by atoms with Crippen LogP contribution in [0.2, 0.25) is 5.02 Å². The molecule has 64 valence electrons. The molecular formula is C7H2ClFN4. The van der Waals surface area contributed by atoms with E-state index in [0.717, 1.165) is 12.1 Å². The van der Waals surface area contributed by atoms with Gasteiger partial charge in [0.2, 0.25) is 0 Å². The number of hydrogen-bond donors (Lipinski definition) is 0. The molecule has 0 unspecified atom stereocenters. The van der Waals surface area contributed by atoms with Crippen molar-refractivity contribution in [3.05, 3.63) is 39.0 Å². The van der Waals surface area contributed by atoms with Crippen LogP contribution in [0.15, 0.2) is 17.2 Å². The SMILES string of the molecule is N#Cc1cc(Cl)c(F)cc1N=[N+]=[N-]. The summed E-state index contributed by atoms with van der Waals surface area (Å²) in [5, 5.41) is 11.5. The molecule has 0 fully saturated rings. The van der Waals surface area contributed by atoms with E-state index in [1.54, 1.807) is 6.07 Å². The second kappa shape index (κ2) is 3.76. The summed E-state index contributed by atoms with van der Waals surface area (Å²) in [7, 11) is 0. The molecule has 0 spiro atoms. The average molecular weight is 197 g/mol. The lowest BCUT2D eigenvalue weighted by Crippen LogP contribution is -1.81. The molecule has 0 aromatic heterocycles. The van der Waals surface area contributed by atoms with Crippen molar-refractivity contribution in [2.45, 2.75) is 0 Å². The van der Waals surface area contributed by atoms with Gasteiger partial charge in [-0.05, 0) is 17.7 Å². The molecule has 1 aromatic rings. The van der Waals surface area contributed by atoms with Crippen molar-refractivity contribution in [1.82, 2.24) is 0 Å². The third-order valence-corrected chi connectivity index (χ3v) is 1.60. The molecule has 4 nitrogen and oxygen atoms in total. The molecule has 0 heterocycles. The van der Waals surface area contributed by atoms with Gasteiger partial charge in [-0.3, -0.25) is 0 Å². The van der Waals surface area contributed by atoms with Gasteiger partial charge in [-0.25, -0.2) is 4.39 Å². The predicted molar refractivity (Wildman–Crippen MR) is 44.9 cm³/mol. The van der Waals surface area contributed by atoms with Crippen LogP contribution < -0.4 is 0 Å². The largest absolute Gasteiger partial charge is 0.205 e. The number of hydrogen-bond acceptors (Lipinski definition) is 2. The van der Waals surface area contributed by atoms with Crippen molar-refractivity contribution in [2.24, 2.45) is 5.11 Å². The number of nitriles is 1. The quantitative estimate of drug-likeness (QED) is 0.386. The van der Waals surface area contributed by atoms with Gasteiger partial charge in [-0.15, -0.1) is 0 Å². The molecule has 0 radical (unpaired) electrons. The van der Waals surface area contributed by atoms with Crippen LogP contribution >= 0.6 is 11.6 Å². The molecular weight excluding hydrogens is 195 g/mol. The average Bonchev–Trinajstić information content (AvgIpc) is 2.11. The van der Waals surface area contributed by atoms with Gasteiger partial charge in [0.15, 0.2) is 0 Å². The number of azide groups is 1. The zero-order valence-corrected chi connectivity index (χ0v) is 6.96. The van der Waals surface area contributed by atoms with Crippen molar-refractivity contribution in [3.8, 4) is 6.07 Å². The Kier molecular flexibility index (Phi) is 2.70. The highest BCUT2D eigenvalue weighted by Crippen LogP contribution is 2.25. The minimum atomic E-state index is -0.719. The first-order valence-electron chi connectivity index (χ1n) is 3.13. The van der Waals surface area contributed by atoms with Gasteiger partial charge in [-0.1, -0.05) is 16.7 Å². The third kappa shape index (κ3) is 1.88. The van der Waals surface area contributed by atoms with Crippen LogP contribution in [-0.4, -0.2) is 0 Å². The molecule has 0 N–H and O–H groups in total.